The Balaban J connectivity index is 2.23. The molecule has 0 spiro atoms. The summed E-state index contributed by atoms with van der Waals surface area (Å²) in [5.41, 5.74) is 1.43. The minimum Gasteiger partial charge on any atom is -0.494 e. The fourth-order valence-electron chi connectivity index (χ4n) is 1.60. The van der Waals surface area contributed by atoms with E-state index in [4.69, 9.17) is 10.00 Å². The normalized spacial score (nSPS) is 9.47. The highest BCUT2D eigenvalue weighted by molar-refractivity contribution is 6.06. The van der Waals surface area contributed by atoms with Gasteiger partial charge in [-0.1, -0.05) is 6.07 Å². The molecule has 0 unspecified atom stereocenters. The van der Waals surface area contributed by atoms with Gasteiger partial charge in [0.15, 0.2) is 0 Å². The van der Waals surface area contributed by atoms with Gasteiger partial charge in [0.05, 0.1) is 30.5 Å². The Morgan fingerprint density at radius 3 is 3.00 bits per heavy atom. The molecule has 1 amide bonds. The molecule has 2 aromatic rings. The van der Waals surface area contributed by atoms with Gasteiger partial charge in [0.1, 0.15) is 5.75 Å². The van der Waals surface area contributed by atoms with E-state index in [1.165, 1.54) is 19.5 Å². The molecule has 0 saturated heterocycles. The molecule has 2 rings (SSSR count). The standard InChI is InChI=1S/C14H11N3O2/c1-19-13-9-16-6-5-12(13)14(18)17-11-4-2-3-10(7-11)8-15/h2-7,9H,1H3,(H,17,18). The van der Waals surface area contributed by atoms with E-state index in [9.17, 15) is 4.79 Å². The van der Waals surface area contributed by atoms with Gasteiger partial charge in [-0.05, 0) is 24.3 Å². The third kappa shape index (κ3) is 2.87. The number of nitrogens with one attached hydrogen (secondary N) is 1. The molecule has 0 atom stereocenters. The van der Waals surface area contributed by atoms with Gasteiger partial charge in [-0.3, -0.25) is 9.78 Å². The average molecular weight is 253 g/mol. The van der Waals surface area contributed by atoms with Crippen LogP contribution in [0.5, 0.6) is 5.75 Å². The topological polar surface area (TPSA) is 75.0 Å². The number of carbonyl (C=O) groups is 1. The molecule has 0 radical (unpaired) electrons. The molecular formula is C14H11N3O2. The first-order chi connectivity index (χ1) is 9.24. The van der Waals surface area contributed by atoms with Gasteiger partial charge in [0.25, 0.3) is 5.91 Å². The van der Waals surface area contributed by atoms with Gasteiger partial charge in [-0.2, -0.15) is 5.26 Å². The van der Waals surface area contributed by atoms with Crippen molar-refractivity contribution in [2.45, 2.75) is 0 Å². The summed E-state index contributed by atoms with van der Waals surface area (Å²) in [5, 5.41) is 11.5. The number of carbonyl (C=O) groups excluding carboxylic acids is 1. The zero-order chi connectivity index (χ0) is 13.7. The van der Waals surface area contributed by atoms with Gasteiger partial charge in [0.2, 0.25) is 0 Å². The first-order valence-electron chi connectivity index (χ1n) is 5.54. The summed E-state index contributed by atoms with van der Waals surface area (Å²) in [5.74, 6) is 0.0887. The predicted octanol–water partition coefficient (Wildman–Crippen LogP) is 2.21. The number of methoxy groups -OCH3 is 1. The van der Waals surface area contributed by atoms with Crippen molar-refractivity contribution in [1.82, 2.24) is 4.98 Å². The Bertz CT molecular complexity index is 647. The van der Waals surface area contributed by atoms with Crippen LogP contribution in [0.2, 0.25) is 0 Å². The van der Waals surface area contributed by atoms with E-state index in [1.807, 2.05) is 6.07 Å². The molecule has 0 aliphatic rings. The Morgan fingerprint density at radius 1 is 1.42 bits per heavy atom. The molecule has 1 aromatic carbocycles. The highest BCUT2D eigenvalue weighted by atomic mass is 16.5. The summed E-state index contributed by atoms with van der Waals surface area (Å²) in [7, 11) is 1.48. The fourth-order valence-corrected chi connectivity index (χ4v) is 1.60. The number of hydrogen-bond donors (Lipinski definition) is 1. The largest absolute Gasteiger partial charge is 0.494 e. The van der Waals surface area contributed by atoms with Crippen molar-refractivity contribution in [2.24, 2.45) is 0 Å². The molecule has 19 heavy (non-hydrogen) atoms. The second-order valence-corrected chi connectivity index (χ2v) is 3.72. The molecule has 1 heterocycles. The highest BCUT2D eigenvalue weighted by Gasteiger charge is 2.12. The van der Waals surface area contributed by atoms with Crippen LogP contribution in [-0.2, 0) is 0 Å². The van der Waals surface area contributed by atoms with E-state index < -0.39 is 0 Å². The number of ether oxygens (including phenoxy) is 1. The van der Waals surface area contributed by atoms with Crippen LogP contribution in [-0.4, -0.2) is 18.0 Å². The lowest BCUT2D eigenvalue weighted by molar-refractivity contribution is 0.102. The van der Waals surface area contributed by atoms with Crippen LogP contribution in [0.3, 0.4) is 0 Å². The minimum absolute atomic E-state index is 0.311. The van der Waals surface area contributed by atoms with Gasteiger partial charge >= 0.3 is 0 Å². The van der Waals surface area contributed by atoms with E-state index in [2.05, 4.69) is 10.3 Å². The van der Waals surface area contributed by atoms with E-state index in [1.54, 1.807) is 30.3 Å². The summed E-state index contributed by atoms with van der Waals surface area (Å²) in [6.07, 6.45) is 2.99. The number of benzene rings is 1. The van der Waals surface area contributed by atoms with Crippen molar-refractivity contribution >= 4 is 11.6 Å². The molecule has 0 aliphatic heterocycles. The number of pyridine rings is 1. The maximum absolute atomic E-state index is 12.1. The van der Waals surface area contributed by atoms with Crippen LogP contribution in [0, 0.1) is 11.3 Å². The average Bonchev–Trinajstić information content (AvgIpc) is 2.47. The zero-order valence-corrected chi connectivity index (χ0v) is 10.3. The van der Waals surface area contributed by atoms with E-state index in [0.29, 0.717) is 22.6 Å². The van der Waals surface area contributed by atoms with Gasteiger partial charge in [0, 0.05) is 11.9 Å². The molecule has 5 nitrogen and oxygen atoms in total. The zero-order valence-electron chi connectivity index (χ0n) is 10.3. The Labute approximate surface area is 110 Å². The molecule has 1 N–H and O–H groups in total. The second kappa shape index (κ2) is 5.65. The number of rotatable bonds is 3. The summed E-state index contributed by atoms with van der Waals surface area (Å²) >= 11 is 0. The Hall–Kier alpha value is -2.87. The van der Waals surface area contributed by atoms with Crippen molar-refractivity contribution in [3.63, 3.8) is 0 Å². The molecule has 0 aliphatic carbocycles. The number of aromatic nitrogens is 1. The third-order valence-corrected chi connectivity index (χ3v) is 2.50. The van der Waals surface area contributed by atoms with Crippen LogP contribution in [0.25, 0.3) is 0 Å². The van der Waals surface area contributed by atoms with Crippen LogP contribution in [0.1, 0.15) is 15.9 Å². The van der Waals surface area contributed by atoms with Gasteiger partial charge in [-0.15, -0.1) is 0 Å². The monoisotopic (exact) mass is 253 g/mol. The number of anilines is 1. The quantitative estimate of drug-likeness (QED) is 0.910. The van der Waals surface area contributed by atoms with Crippen molar-refractivity contribution in [3.05, 3.63) is 53.9 Å². The lowest BCUT2D eigenvalue weighted by Gasteiger charge is -2.08. The number of amides is 1. The van der Waals surface area contributed by atoms with E-state index >= 15 is 0 Å². The summed E-state index contributed by atoms with van der Waals surface area (Å²) in [4.78, 5) is 16.0. The van der Waals surface area contributed by atoms with Crippen molar-refractivity contribution in [2.75, 3.05) is 12.4 Å². The maximum atomic E-state index is 12.1. The highest BCUT2D eigenvalue weighted by Crippen LogP contribution is 2.18. The molecule has 0 bridgehead atoms. The van der Waals surface area contributed by atoms with Crippen molar-refractivity contribution < 1.29 is 9.53 Å². The molecule has 5 heteroatoms. The van der Waals surface area contributed by atoms with Crippen molar-refractivity contribution in [3.8, 4) is 11.8 Å². The van der Waals surface area contributed by atoms with Crippen LogP contribution >= 0.6 is 0 Å². The summed E-state index contributed by atoms with van der Waals surface area (Å²) < 4.78 is 5.07. The smallest absolute Gasteiger partial charge is 0.259 e. The molecule has 1 aromatic heterocycles. The van der Waals surface area contributed by atoms with Gasteiger partial charge in [-0.25, -0.2) is 0 Å². The number of hydrogen-bond acceptors (Lipinski definition) is 4. The van der Waals surface area contributed by atoms with E-state index in [0.717, 1.165) is 0 Å². The van der Waals surface area contributed by atoms with Crippen LogP contribution < -0.4 is 10.1 Å². The summed E-state index contributed by atoms with van der Waals surface area (Å²) in [6, 6.07) is 10.3. The fraction of sp³-hybridized carbons (Fsp3) is 0.0714. The Morgan fingerprint density at radius 2 is 2.26 bits per heavy atom. The second-order valence-electron chi connectivity index (χ2n) is 3.72. The SMILES string of the molecule is COc1cnccc1C(=O)Nc1cccc(C#N)c1. The van der Waals surface area contributed by atoms with Crippen LogP contribution in [0.4, 0.5) is 5.69 Å². The number of nitriles is 1. The van der Waals surface area contributed by atoms with Crippen molar-refractivity contribution in [1.29, 1.82) is 5.26 Å². The van der Waals surface area contributed by atoms with Gasteiger partial charge < -0.3 is 10.1 Å². The molecule has 94 valence electrons. The molecule has 0 fully saturated rings. The number of nitrogens with zero attached hydrogens (tertiary/aromatic N) is 2. The summed E-state index contributed by atoms with van der Waals surface area (Å²) in [6.45, 7) is 0. The predicted molar refractivity (Wildman–Crippen MR) is 69.9 cm³/mol. The molecule has 0 saturated carbocycles. The maximum Gasteiger partial charge on any atom is 0.259 e. The first kappa shape index (κ1) is 12.6. The molecular weight excluding hydrogens is 242 g/mol. The minimum atomic E-state index is -0.311. The lowest BCUT2D eigenvalue weighted by atomic mass is 10.2. The third-order valence-electron chi connectivity index (χ3n) is 2.50. The van der Waals surface area contributed by atoms with Crippen LogP contribution in [0.15, 0.2) is 42.7 Å². The Kier molecular flexibility index (Phi) is 3.74. The van der Waals surface area contributed by atoms with E-state index in [-0.39, 0.29) is 5.91 Å². The first-order valence-corrected chi connectivity index (χ1v) is 5.54. The lowest BCUT2D eigenvalue weighted by Crippen LogP contribution is -2.13.